The topological polar surface area (TPSA) is 12.5 Å². The third kappa shape index (κ3) is 3.20. The van der Waals surface area contributed by atoms with Crippen LogP contribution in [0.15, 0.2) is 54.6 Å². The Balaban J connectivity index is 1.67. The largest absolute Gasteiger partial charge is 0.489 e. The van der Waals surface area contributed by atoms with Gasteiger partial charge in [-0.1, -0.05) is 42.5 Å². The maximum Gasteiger partial charge on any atom is 0.119 e. The highest BCUT2D eigenvalue weighted by atomic mass is 16.5. The lowest BCUT2D eigenvalue weighted by molar-refractivity contribution is 0.104. The first-order valence-corrected chi connectivity index (χ1v) is 7.32. The number of likely N-dealkylation sites (tertiary alicyclic amines) is 1. The van der Waals surface area contributed by atoms with Gasteiger partial charge in [-0.3, -0.25) is 0 Å². The zero-order chi connectivity index (χ0) is 13.8. The van der Waals surface area contributed by atoms with Crippen LogP contribution in [0.4, 0.5) is 0 Å². The molecule has 20 heavy (non-hydrogen) atoms. The van der Waals surface area contributed by atoms with Crippen LogP contribution in [0.1, 0.15) is 12.8 Å². The Kier molecular flexibility index (Phi) is 4.03. The Morgan fingerprint density at radius 2 is 1.65 bits per heavy atom. The molecule has 0 amide bonds. The summed E-state index contributed by atoms with van der Waals surface area (Å²) < 4.78 is 6.07. The number of ether oxygens (including phenoxy) is 1. The molecule has 0 spiro atoms. The quantitative estimate of drug-likeness (QED) is 0.838. The minimum absolute atomic E-state index is 0.330. The van der Waals surface area contributed by atoms with E-state index in [0.29, 0.717) is 6.10 Å². The van der Waals surface area contributed by atoms with Gasteiger partial charge in [-0.15, -0.1) is 0 Å². The molecular weight excluding hydrogens is 246 g/mol. The molecule has 1 unspecified atom stereocenters. The van der Waals surface area contributed by atoms with Gasteiger partial charge in [0.1, 0.15) is 11.9 Å². The predicted octanol–water partition coefficient (Wildman–Crippen LogP) is 3.83. The van der Waals surface area contributed by atoms with Gasteiger partial charge in [-0.2, -0.15) is 0 Å². The van der Waals surface area contributed by atoms with Gasteiger partial charge in [0.25, 0.3) is 0 Å². The van der Waals surface area contributed by atoms with Crippen LogP contribution in [0.25, 0.3) is 11.1 Å². The van der Waals surface area contributed by atoms with E-state index in [-0.39, 0.29) is 0 Å². The number of piperidine rings is 1. The molecule has 1 aliphatic heterocycles. The summed E-state index contributed by atoms with van der Waals surface area (Å²) in [6, 6.07) is 18.9. The van der Waals surface area contributed by atoms with E-state index in [0.717, 1.165) is 18.7 Å². The van der Waals surface area contributed by atoms with Crippen molar-refractivity contribution in [3.8, 4) is 16.9 Å². The van der Waals surface area contributed by atoms with Crippen molar-refractivity contribution in [1.82, 2.24) is 4.90 Å². The maximum atomic E-state index is 6.07. The van der Waals surface area contributed by atoms with Crippen LogP contribution in [0.3, 0.4) is 0 Å². The van der Waals surface area contributed by atoms with Crippen LogP contribution >= 0.6 is 0 Å². The van der Waals surface area contributed by atoms with E-state index in [1.165, 1.54) is 24.1 Å². The van der Waals surface area contributed by atoms with Crippen LogP contribution < -0.4 is 4.74 Å². The standard InChI is InChI=1S/C18H21NO/c1-19-13-5-8-18(14-19)20-17-11-9-16(10-12-17)15-6-3-2-4-7-15/h2-4,6-7,9-12,18H,5,8,13-14H2,1H3. The minimum Gasteiger partial charge on any atom is -0.489 e. The second-order valence-electron chi connectivity index (χ2n) is 5.53. The predicted molar refractivity (Wildman–Crippen MR) is 83.0 cm³/mol. The summed E-state index contributed by atoms with van der Waals surface area (Å²) in [4.78, 5) is 2.34. The number of hydrogen-bond donors (Lipinski definition) is 0. The van der Waals surface area contributed by atoms with Crippen LogP contribution in [-0.4, -0.2) is 31.1 Å². The normalized spacial score (nSPS) is 19.8. The van der Waals surface area contributed by atoms with E-state index >= 15 is 0 Å². The maximum absolute atomic E-state index is 6.07. The molecule has 0 aromatic heterocycles. The van der Waals surface area contributed by atoms with Crippen molar-refractivity contribution in [3.05, 3.63) is 54.6 Å². The Hall–Kier alpha value is -1.80. The number of nitrogens with zero attached hydrogens (tertiary/aromatic N) is 1. The average Bonchev–Trinajstić information content (AvgIpc) is 2.49. The summed E-state index contributed by atoms with van der Waals surface area (Å²) in [6.07, 6.45) is 2.71. The van der Waals surface area contributed by atoms with Gasteiger partial charge in [0.15, 0.2) is 0 Å². The first kappa shape index (κ1) is 13.2. The van der Waals surface area contributed by atoms with Gasteiger partial charge in [0.2, 0.25) is 0 Å². The van der Waals surface area contributed by atoms with E-state index in [1.807, 2.05) is 6.07 Å². The Morgan fingerprint density at radius 3 is 2.35 bits per heavy atom. The highest BCUT2D eigenvalue weighted by Crippen LogP contribution is 2.23. The summed E-state index contributed by atoms with van der Waals surface area (Å²) >= 11 is 0. The minimum atomic E-state index is 0.330. The zero-order valence-corrected chi connectivity index (χ0v) is 12.0. The number of rotatable bonds is 3. The lowest BCUT2D eigenvalue weighted by Crippen LogP contribution is -2.38. The van der Waals surface area contributed by atoms with Gasteiger partial charge >= 0.3 is 0 Å². The summed E-state index contributed by atoms with van der Waals surface area (Å²) in [5, 5.41) is 0. The van der Waals surface area contributed by atoms with Crippen LogP contribution in [0.5, 0.6) is 5.75 Å². The molecule has 0 bridgehead atoms. The Morgan fingerprint density at radius 1 is 0.950 bits per heavy atom. The fourth-order valence-corrected chi connectivity index (χ4v) is 2.76. The monoisotopic (exact) mass is 267 g/mol. The molecule has 1 aliphatic rings. The van der Waals surface area contributed by atoms with Crippen molar-refractivity contribution in [2.24, 2.45) is 0 Å². The van der Waals surface area contributed by atoms with E-state index in [2.05, 4.69) is 60.5 Å². The van der Waals surface area contributed by atoms with Gasteiger partial charge < -0.3 is 9.64 Å². The fourth-order valence-electron chi connectivity index (χ4n) is 2.76. The molecule has 0 N–H and O–H groups in total. The molecule has 2 heteroatoms. The SMILES string of the molecule is CN1CCCC(Oc2ccc(-c3ccccc3)cc2)C1. The molecule has 2 aromatic carbocycles. The summed E-state index contributed by atoms with van der Waals surface area (Å²) in [5.74, 6) is 0.977. The van der Waals surface area contributed by atoms with E-state index in [1.54, 1.807) is 0 Å². The molecular formula is C18H21NO. The highest BCUT2D eigenvalue weighted by molar-refractivity contribution is 5.63. The van der Waals surface area contributed by atoms with Crippen molar-refractivity contribution >= 4 is 0 Å². The zero-order valence-electron chi connectivity index (χ0n) is 12.0. The van der Waals surface area contributed by atoms with Crippen molar-refractivity contribution in [2.75, 3.05) is 20.1 Å². The van der Waals surface area contributed by atoms with Crippen molar-refractivity contribution < 1.29 is 4.74 Å². The van der Waals surface area contributed by atoms with Crippen molar-refractivity contribution in [1.29, 1.82) is 0 Å². The van der Waals surface area contributed by atoms with Crippen molar-refractivity contribution in [3.63, 3.8) is 0 Å². The molecule has 2 aromatic rings. The van der Waals surface area contributed by atoms with Crippen molar-refractivity contribution in [2.45, 2.75) is 18.9 Å². The molecule has 3 rings (SSSR count). The Bertz CT molecular complexity index is 535. The van der Waals surface area contributed by atoms with E-state index < -0.39 is 0 Å². The molecule has 1 atom stereocenters. The lowest BCUT2D eigenvalue weighted by Gasteiger charge is -2.30. The molecule has 0 saturated carbocycles. The van der Waals surface area contributed by atoms with Crippen LogP contribution in [0.2, 0.25) is 0 Å². The van der Waals surface area contributed by atoms with E-state index in [4.69, 9.17) is 4.74 Å². The van der Waals surface area contributed by atoms with Gasteiger partial charge in [0, 0.05) is 6.54 Å². The first-order valence-electron chi connectivity index (χ1n) is 7.32. The summed E-state index contributed by atoms with van der Waals surface area (Å²) in [6.45, 7) is 2.22. The number of hydrogen-bond acceptors (Lipinski definition) is 2. The first-order chi connectivity index (χ1) is 9.81. The third-order valence-electron chi connectivity index (χ3n) is 3.85. The molecule has 1 heterocycles. The molecule has 1 fully saturated rings. The van der Waals surface area contributed by atoms with Gasteiger partial charge in [0.05, 0.1) is 0 Å². The fraction of sp³-hybridized carbons (Fsp3) is 0.333. The molecule has 1 saturated heterocycles. The number of likely N-dealkylation sites (N-methyl/N-ethyl adjacent to an activating group) is 1. The molecule has 104 valence electrons. The second-order valence-corrected chi connectivity index (χ2v) is 5.53. The van der Waals surface area contributed by atoms with Crippen LogP contribution in [-0.2, 0) is 0 Å². The second kappa shape index (κ2) is 6.10. The lowest BCUT2D eigenvalue weighted by atomic mass is 10.1. The van der Waals surface area contributed by atoms with E-state index in [9.17, 15) is 0 Å². The van der Waals surface area contributed by atoms with Gasteiger partial charge in [-0.05, 0) is 49.7 Å². The average molecular weight is 267 g/mol. The van der Waals surface area contributed by atoms with Gasteiger partial charge in [-0.25, -0.2) is 0 Å². The number of benzene rings is 2. The summed E-state index contributed by atoms with van der Waals surface area (Å²) in [7, 11) is 2.16. The van der Waals surface area contributed by atoms with Crippen LogP contribution in [0, 0.1) is 0 Å². The smallest absolute Gasteiger partial charge is 0.119 e. The Labute approximate surface area is 121 Å². The third-order valence-corrected chi connectivity index (χ3v) is 3.85. The highest BCUT2D eigenvalue weighted by Gasteiger charge is 2.18. The summed E-state index contributed by atoms with van der Waals surface area (Å²) in [5.41, 5.74) is 2.48. The molecule has 0 aliphatic carbocycles. The molecule has 2 nitrogen and oxygen atoms in total. The molecule has 0 radical (unpaired) electrons.